The van der Waals surface area contributed by atoms with Gasteiger partial charge in [0.25, 0.3) is 11.8 Å². The lowest BCUT2D eigenvalue weighted by Gasteiger charge is -2.10. The van der Waals surface area contributed by atoms with Crippen molar-refractivity contribution < 1.29 is 19.5 Å². The molecule has 0 aliphatic carbocycles. The first kappa shape index (κ1) is 32.8. The number of imidazole rings is 2. The molecule has 4 heterocycles. The van der Waals surface area contributed by atoms with Gasteiger partial charge in [0.15, 0.2) is 0 Å². The number of carboxylic acids is 1. The van der Waals surface area contributed by atoms with E-state index in [0.29, 0.717) is 72.3 Å². The van der Waals surface area contributed by atoms with Crippen LogP contribution in [0.4, 0.5) is 11.9 Å². The van der Waals surface area contributed by atoms with Crippen molar-refractivity contribution in [3.8, 4) is 0 Å². The number of hydrogen-bond donors (Lipinski definition) is 4. The van der Waals surface area contributed by atoms with Gasteiger partial charge in [0.1, 0.15) is 11.4 Å². The van der Waals surface area contributed by atoms with E-state index in [1.807, 2.05) is 62.6 Å². The first-order chi connectivity index (χ1) is 23.6. The summed E-state index contributed by atoms with van der Waals surface area (Å²) in [6.07, 6.45) is 3.83. The Hall–Kier alpha value is -6.09. The first-order valence-electron chi connectivity index (χ1n) is 15.9. The SMILES string of the molecule is CCn1nc(C)cc1C(=O)Nc1nc2cc(CN)ccc2n1C/C=C/Cn1c(NC(=O)c2cc(C)nn2CC)nc2cc(C(=O)O)ccc21. The van der Waals surface area contributed by atoms with E-state index in [4.69, 9.17) is 10.7 Å². The minimum absolute atomic E-state index is 0.0850. The van der Waals surface area contributed by atoms with Crippen LogP contribution < -0.4 is 16.4 Å². The summed E-state index contributed by atoms with van der Waals surface area (Å²) in [6.45, 7) is 9.53. The molecule has 0 atom stereocenters. The number of amides is 2. The van der Waals surface area contributed by atoms with Crippen molar-refractivity contribution in [2.24, 2.45) is 5.73 Å². The molecule has 2 amide bonds. The number of carbonyl (C=O) groups excluding carboxylic acids is 2. The van der Waals surface area contributed by atoms with E-state index < -0.39 is 5.97 Å². The lowest BCUT2D eigenvalue weighted by atomic mass is 10.2. The molecule has 4 aromatic heterocycles. The molecule has 15 heteroatoms. The van der Waals surface area contributed by atoms with Crippen LogP contribution in [0.15, 0.2) is 60.7 Å². The minimum atomic E-state index is -1.08. The third-order valence-corrected chi connectivity index (χ3v) is 8.11. The number of nitrogens with one attached hydrogen (secondary N) is 2. The molecule has 0 spiro atoms. The van der Waals surface area contributed by atoms with Crippen molar-refractivity contribution in [2.45, 2.75) is 60.4 Å². The third kappa shape index (κ3) is 6.56. The van der Waals surface area contributed by atoms with Crippen LogP contribution in [0.3, 0.4) is 0 Å². The molecule has 252 valence electrons. The van der Waals surface area contributed by atoms with Crippen LogP contribution in [0.2, 0.25) is 0 Å². The summed E-state index contributed by atoms with van der Waals surface area (Å²) < 4.78 is 6.95. The fourth-order valence-electron chi connectivity index (χ4n) is 5.76. The normalized spacial score (nSPS) is 11.6. The molecule has 0 saturated heterocycles. The Morgan fingerprint density at radius 2 is 1.24 bits per heavy atom. The standard InChI is InChI=1S/C34H37N11O4/c1-5-44-28(15-20(3)40-44)30(46)38-33-36-24-17-22(19-35)9-11-26(24)42(33)13-7-8-14-43-27-12-10-23(32(48)49)18-25(27)37-34(43)39-31(47)29-16-21(4)41-45(29)6-2/h7-12,15-18H,5-6,13-14,19,35H2,1-4H3,(H,48,49)(H,36,38,46)(H,37,39,47)/b8-7+. The first-order valence-corrected chi connectivity index (χ1v) is 15.9. The Morgan fingerprint density at radius 3 is 1.71 bits per heavy atom. The van der Waals surface area contributed by atoms with Gasteiger partial charge in [-0.2, -0.15) is 10.2 Å². The second kappa shape index (κ2) is 13.6. The number of aromatic carboxylic acids is 1. The molecule has 49 heavy (non-hydrogen) atoms. The lowest BCUT2D eigenvalue weighted by Crippen LogP contribution is -2.20. The Bertz CT molecular complexity index is 2250. The molecule has 0 radical (unpaired) electrons. The molecular formula is C34H37N11O4. The fourth-order valence-corrected chi connectivity index (χ4v) is 5.76. The zero-order valence-corrected chi connectivity index (χ0v) is 27.6. The number of benzene rings is 2. The lowest BCUT2D eigenvalue weighted by molar-refractivity contribution is 0.0696. The van der Waals surface area contributed by atoms with E-state index in [-0.39, 0.29) is 23.3 Å². The molecule has 6 rings (SSSR count). The highest BCUT2D eigenvalue weighted by atomic mass is 16.4. The highest BCUT2D eigenvalue weighted by Crippen LogP contribution is 2.24. The highest BCUT2D eigenvalue weighted by Gasteiger charge is 2.20. The summed E-state index contributed by atoms with van der Waals surface area (Å²) in [6, 6.07) is 13.8. The molecule has 0 fully saturated rings. The van der Waals surface area contributed by atoms with Gasteiger partial charge < -0.3 is 20.0 Å². The quantitative estimate of drug-likeness (QED) is 0.138. The summed E-state index contributed by atoms with van der Waals surface area (Å²) in [4.78, 5) is 47.7. The number of fused-ring (bicyclic) bond motifs is 2. The Labute approximate surface area is 281 Å². The van der Waals surface area contributed by atoms with Gasteiger partial charge in [-0.3, -0.25) is 29.6 Å². The van der Waals surface area contributed by atoms with Gasteiger partial charge in [0.05, 0.1) is 39.0 Å². The molecule has 5 N–H and O–H groups in total. The molecule has 0 aliphatic rings. The third-order valence-electron chi connectivity index (χ3n) is 8.11. The van der Waals surface area contributed by atoms with Crippen LogP contribution in [0.5, 0.6) is 0 Å². The van der Waals surface area contributed by atoms with Gasteiger partial charge in [-0.15, -0.1) is 0 Å². The number of aromatic nitrogens is 8. The van der Waals surface area contributed by atoms with Crippen molar-refractivity contribution in [2.75, 3.05) is 10.6 Å². The molecule has 15 nitrogen and oxygen atoms in total. The summed E-state index contributed by atoms with van der Waals surface area (Å²) in [5.74, 6) is -1.17. The van der Waals surface area contributed by atoms with E-state index in [1.54, 1.807) is 32.1 Å². The Morgan fingerprint density at radius 1 is 0.755 bits per heavy atom. The zero-order valence-electron chi connectivity index (χ0n) is 27.6. The molecule has 0 unspecified atom stereocenters. The number of nitrogens with two attached hydrogens (primary N) is 1. The average Bonchev–Trinajstić information content (AvgIpc) is 3.84. The van der Waals surface area contributed by atoms with Gasteiger partial charge in [-0.05, 0) is 75.7 Å². The second-order valence-electron chi connectivity index (χ2n) is 11.5. The summed E-state index contributed by atoms with van der Waals surface area (Å²) >= 11 is 0. The van der Waals surface area contributed by atoms with Crippen molar-refractivity contribution in [3.63, 3.8) is 0 Å². The van der Waals surface area contributed by atoms with E-state index in [2.05, 4.69) is 25.8 Å². The molecule has 0 aliphatic heterocycles. The van der Waals surface area contributed by atoms with E-state index >= 15 is 0 Å². The fraction of sp³-hybridized carbons (Fsp3) is 0.265. The summed E-state index contributed by atoms with van der Waals surface area (Å²) in [5, 5.41) is 24.1. The largest absolute Gasteiger partial charge is 0.478 e. The van der Waals surface area contributed by atoms with Crippen LogP contribution >= 0.6 is 0 Å². The summed E-state index contributed by atoms with van der Waals surface area (Å²) in [7, 11) is 0. The number of hydrogen-bond acceptors (Lipinski definition) is 8. The zero-order chi connectivity index (χ0) is 34.8. The van der Waals surface area contributed by atoms with Gasteiger partial charge in [-0.25, -0.2) is 14.8 Å². The Kier molecular flexibility index (Phi) is 9.09. The maximum atomic E-state index is 13.4. The molecule has 6 aromatic rings. The highest BCUT2D eigenvalue weighted by molar-refractivity contribution is 6.04. The number of nitrogens with zero attached hydrogens (tertiary/aromatic N) is 8. The van der Waals surface area contributed by atoms with Crippen LogP contribution in [0.1, 0.15) is 62.1 Å². The van der Waals surface area contributed by atoms with Gasteiger partial charge >= 0.3 is 5.97 Å². The monoisotopic (exact) mass is 663 g/mol. The number of allylic oxidation sites excluding steroid dienone is 2. The predicted octanol–water partition coefficient (Wildman–Crippen LogP) is 4.35. The molecule has 0 bridgehead atoms. The maximum Gasteiger partial charge on any atom is 0.335 e. The second-order valence-corrected chi connectivity index (χ2v) is 11.5. The van der Waals surface area contributed by atoms with Gasteiger partial charge in [0, 0.05) is 32.7 Å². The maximum absolute atomic E-state index is 13.4. The summed E-state index contributed by atoms with van der Waals surface area (Å²) in [5.41, 5.74) is 11.7. The van der Waals surface area contributed by atoms with Gasteiger partial charge in [0.2, 0.25) is 11.9 Å². The topological polar surface area (TPSA) is 193 Å². The minimum Gasteiger partial charge on any atom is -0.478 e. The van der Waals surface area contributed by atoms with Crippen molar-refractivity contribution in [1.29, 1.82) is 0 Å². The van der Waals surface area contributed by atoms with Crippen LogP contribution in [-0.4, -0.2) is 61.6 Å². The molecule has 0 saturated carbocycles. The number of carboxylic acid groups (broad SMARTS) is 1. The van der Waals surface area contributed by atoms with Crippen molar-refractivity contribution in [1.82, 2.24) is 38.7 Å². The Balaban J connectivity index is 1.31. The van der Waals surface area contributed by atoms with Crippen molar-refractivity contribution >= 4 is 51.7 Å². The van der Waals surface area contributed by atoms with Crippen LogP contribution in [-0.2, 0) is 32.7 Å². The van der Waals surface area contributed by atoms with Crippen molar-refractivity contribution in [3.05, 3.63) is 94.6 Å². The number of rotatable bonds is 12. The molecular weight excluding hydrogens is 626 g/mol. The van der Waals surface area contributed by atoms with E-state index in [1.165, 1.54) is 12.1 Å². The molecule has 2 aromatic carbocycles. The van der Waals surface area contributed by atoms with Gasteiger partial charge in [-0.1, -0.05) is 18.2 Å². The number of anilines is 2. The van der Waals surface area contributed by atoms with E-state index in [9.17, 15) is 19.5 Å². The average molecular weight is 664 g/mol. The van der Waals surface area contributed by atoms with Crippen LogP contribution in [0, 0.1) is 13.8 Å². The van der Waals surface area contributed by atoms with Crippen LogP contribution in [0.25, 0.3) is 22.1 Å². The number of aryl methyl sites for hydroxylation is 4. The number of carbonyl (C=O) groups is 3. The smallest absolute Gasteiger partial charge is 0.335 e. The predicted molar refractivity (Wildman–Crippen MR) is 185 cm³/mol. The van der Waals surface area contributed by atoms with E-state index in [0.717, 1.165) is 16.8 Å².